The molecule has 0 aliphatic rings. The Labute approximate surface area is 136 Å². The van der Waals surface area contributed by atoms with Gasteiger partial charge in [-0.1, -0.05) is 18.2 Å². The second-order valence-electron chi connectivity index (χ2n) is 5.64. The minimum Gasteiger partial charge on any atom is -0.459 e. The molecule has 0 bridgehead atoms. The van der Waals surface area contributed by atoms with Gasteiger partial charge in [0.25, 0.3) is 0 Å². The molecule has 2 amide bonds. The minimum absolute atomic E-state index is 0.0566. The third-order valence-electron chi connectivity index (χ3n) is 3.57. The number of furan rings is 1. The van der Waals surface area contributed by atoms with Crippen LogP contribution in [0.1, 0.15) is 19.6 Å². The average molecular weight is 338 g/mol. The third-order valence-corrected chi connectivity index (χ3v) is 4.66. The molecule has 1 aromatic carbocycles. The van der Waals surface area contributed by atoms with Crippen LogP contribution in [0.2, 0.25) is 0 Å². The van der Waals surface area contributed by atoms with E-state index in [4.69, 9.17) is 4.42 Å². The zero-order chi connectivity index (χ0) is 17.0. The van der Waals surface area contributed by atoms with Crippen LogP contribution in [0, 0.1) is 0 Å². The van der Waals surface area contributed by atoms with E-state index in [0.29, 0.717) is 12.3 Å². The molecule has 1 atom stereocenters. The minimum atomic E-state index is -3.14. The van der Waals surface area contributed by atoms with Crippen molar-refractivity contribution in [2.45, 2.75) is 26.4 Å². The maximum Gasteiger partial charge on any atom is 0.318 e. The Morgan fingerprint density at radius 2 is 2.04 bits per heavy atom. The number of amides is 2. The van der Waals surface area contributed by atoms with Crippen molar-refractivity contribution in [1.82, 2.24) is 10.2 Å². The lowest BCUT2D eigenvalue weighted by molar-refractivity contribution is 0.186. The van der Waals surface area contributed by atoms with Gasteiger partial charge in [0.1, 0.15) is 21.2 Å². The Morgan fingerprint density at radius 3 is 2.65 bits per heavy atom. The lowest BCUT2D eigenvalue weighted by Gasteiger charge is -2.27. The zero-order valence-electron chi connectivity index (χ0n) is 13.6. The van der Waals surface area contributed by atoms with Crippen molar-refractivity contribution < 1.29 is 17.6 Å². The summed E-state index contributed by atoms with van der Waals surface area (Å²) < 4.78 is 28.4. The van der Waals surface area contributed by atoms with E-state index in [1.165, 1.54) is 11.2 Å². The number of nitrogens with one attached hydrogen (secondary N) is 1. The lowest BCUT2D eigenvalue weighted by Crippen LogP contribution is -2.47. The van der Waals surface area contributed by atoms with Gasteiger partial charge in [-0.05, 0) is 26.0 Å². The molecule has 0 saturated heterocycles. The van der Waals surface area contributed by atoms with E-state index in [1.54, 1.807) is 6.92 Å². The van der Waals surface area contributed by atoms with Crippen molar-refractivity contribution in [1.29, 1.82) is 0 Å². The predicted octanol–water partition coefficient (Wildman–Crippen LogP) is 2.40. The standard InChI is InChI=1S/C16H22N2O4S/c1-4-18(12(2)11-23(3,20)21)16(19)17-10-14-9-13-7-5-6-8-15(13)22-14/h5-9,12H,4,10-11H2,1-3H3,(H,17,19). The molecule has 7 heteroatoms. The van der Waals surface area contributed by atoms with Gasteiger partial charge >= 0.3 is 6.03 Å². The summed E-state index contributed by atoms with van der Waals surface area (Å²) in [6.07, 6.45) is 1.17. The van der Waals surface area contributed by atoms with Gasteiger partial charge in [0.2, 0.25) is 0 Å². The largest absolute Gasteiger partial charge is 0.459 e. The van der Waals surface area contributed by atoms with Gasteiger partial charge in [-0.25, -0.2) is 13.2 Å². The first kappa shape index (κ1) is 17.3. The second kappa shape index (κ2) is 7.04. The first-order valence-electron chi connectivity index (χ1n) is 7.50. The molecular formula is C16H22N2O4S. The molecule has 0 aliphatic heterocycles. The van der Waals surface area contributed by atoms with Crippen molar-refractivity contribution in [2.75, 3.05) is 18.6 Å². The van der Waals surface area contributed by atoms with Crippen LogP contribution < -0.4 is 5.32 Å². The van der Waals surface area contributed by atoms with Crippen LogP contribution in [-0.4, -0.2) is 43.9 Å². The highest BCUT2D eigenvalue weighted by atomic mass is 32.2. The topological polar surface area (TPSA) is 79.6 Å². The van der Waals surface area contributed by atoms with Gasteiger partial charge in [-0.15, -0.1) is 0 Å². The molecule has 0 fully saturated rings. The number of rotatable bonds is 6. The quantitative estimate of drug-likeness (QED) is 0.877. The number of benzene rings is 1. The Morgan fingerprint density at radius 1 is 1.35 bits per heavy atom. The fraction of sp³-hybridized carbons (Fsp3) is 0.438. The summed E-state index contributed by atoms with van der Waals surface area (Å²) in [5, 5.41) is 3.76. The van der Waals surface area contributed by atoms with Crippen molar-refractivity contribution in [2.24, 2.45) is 0 Å². The van der Waals surface area contributed by atoms with Crippen LogP contribution in [-0.2, 0) is 16.4 Å². The first-order chi connectivity index (χ1) is 10.8. The Kier molecular flexibility index (Phi) is 5.30. The van der Waals surface area contributed by atoms with Gasteiger partial charge in [0, 0.05) is 24.2 Å². The molecule has 1 N–H and O–H groups in total. The summed E-state index contributed by atoms with van der Waals surface area (Å²) in [5.41, 5.74) is 0.773. The number of carbonyl (C=O) groups excluding carboxylic acids is 1. The number of hydrogen-bond acceptors (Lipinski definition) is 4. The van der Waals surface area contributed by atoms with Crippen molar-refractivity contribution in [3.8, 4) is 0 Å². The molecule has 1 aromatic heterocycles. The van der Waals surface area contributed by atoms with Crippen LogP contribution in [0.3, 0.4) is 0 Å². The van der Waals surface area contributed by atoms with Crippen LogP contribution >= 0.6 is 0 Å². The monoisotopic (exact) mass is 338 g/mol. The smallest absolute Gasteiger partial charge is 0.318 e. The van der Waals surface area contributed by atoms with Crippen molar-refractivity contribution >= 4 is 26.8 Å². The summed E-state index contributed by atoms with van der Waals surface area (Å²) in [6.45, 7) is 4.24. The second-order valence-corrected chi connectivity index (χ2v) is 7.82. The number of para-hydroxylation sites is 1. The molecule has 1 unspecified atom stereocenters. The van der Waals surface area contributed by atoms with Crippen molar-refractivity contribution in [3.63, 3.8) is 0 Å². The highest BCUT2D eigenvalue weighted by Gasteiger charge is 2.22. The van der Waals surface area contributed by atoms with Gasteiger partial charge in [0.05, 0.1) is 12.3 Å². The van der Waals surface area contributed by atoms with Gasteiger partial charge in [-0.3, -0.25) is 0 Å². The number of fused-ring (bicyclic) bond motifs is 1. The molecule has 0 aliphatic carbocycles. The summed E-state index contributed by atoms with van der Waals surface area (Å²) in [5.74, 6) is 0.602. The summed E-state index contributed by atoms with van der Waals surface area (Å²) in [6, 6.07) is 8.82. The molecule has 0 spiro atoms. The highest BCUT2D eigenvalue weighted by molar-refractivity contribution is 7.90. The number of carbonyl (C=O) groups is 1. The van der Waals surface area contributed by atoms with E-state index in [1.807, 2.05) is 37.3 Å². The van der Waals surface area contributed by atoms with Gasteiger partial charge < -0.3 is 14.6 Å². The maximum absolute atomic E-state index is 12.3. The van der Waals surface area contributed by atoms with E-state index in [0.717, 1.165) is 11.0 Å². The number of urea groups is 1. The molecule has 1 heterocycles. The van der Waals surface area contributed by atoms with Crippen molar-refractivity contribution in [3.05, 3.63) is 36.1 Å². The average Bonchev–Trinajstić information content (AvgIpc) is 2.86. The Hall–Kier alpha value is -2.02. The molecule has 6 nitrogen and oxygen atoms in total. The van der Waals surface area contributed by atoms with E-state index >= 15 is 0 Å². The Balaban J connectivity index is 1.99. The number of nitrogens with zero attached hydrogens (tertiary/aromatic N) is 1. The third kappa shape index (κ3) is 4.72. The molecule has 0 saturated carbocycles. The van der Waals surface area contributed by atoms with E-state index in [-0.39, 0.29) is 24.4 Å². The highest BCUT2D eigenvalue weighted by Crippen LogP contribution is 2.18. The fourth-order valence-electron chi connectivity index (χ4n) is 2.57. The first-order valence-corrected chi connectivity index (χ1v) is 9.56. The maximum atomic E-state index is 12.3. The lowest BCUT2D eigenvalue weighted by atomic mass is 10.2. The van der Waals surface area contributed by atoms with Crippen LogP contribution in [0.15, 0.2) is 34.7 Å². The zero-order valence-corrected chi connectivity index (χ0v) is 14.4. The van der Waals surface area contributed by atoms with Crippen LogP contribution in [0.25, 0.3) is 11.0 Å². The normalized spacial score (nSPS) is 13.0. The van der Waals surface area contributed by atoms with E-state index in [2.05, 4.69) is 5.32 Å². The number of hydrogen-bond donors (Lipinski definition) is 1. The van der Waals surface area contributed by atoms with Gasteiger partial charge in [0.15, 0.2) is 0 Å². The van der Waals surface area contributed by atoms with Gasteiger partial charge in [-0.2, -0.15) is 0 Å². The molecule has 2 aromatic rings. The van der Waals surface area contributed by atoms with Crippen LogP contribution in [0.4, 0.5) is 4.79 Å². The SMILES string of the molecule is CCN(C(=O)NCc1cc2ccccc2o1)C(C)CS(C)(=O)=O. The Bertz CT molecular complexity index is 749. The van der Waals surface area contributed by atoms with E-state index in [9.17, 15) is 13.2 Å². The van der Waals surface area contributed by atoms with Crippen LogP contribution in [0.5, 0.6) is 0 Å². The summed E-state index contributed by atoms with van der Waals surface area (Å²) in [7, 11) is -3.14. The van der Waals surface area contributed by atoms with E-state index < -0.39 is 9.84 Å². The molecule has 2 rings (SSSR count). The number of sulfone groups is 1. The molecule has 23 heavy (non-hydrogen) atoms. The summed E-state index contributed by atoms with van der Waals surface area (Å²) >= 11 is 0. The molecule has 126 valence electrons. The molecular weight excluding hydrogens is 316 g/mol. The molecule has 0 radical (unpaired) electrons. The summed E-state index contributed by atoms with van der Waals surface area (Å²) in [4.78, 5) is 13.8. The predicted molar refractivity (Wildman–Crippen MR) is 90.0 cm³/mol. The fourth-order valence-corrected chi connectivity index (χ4v) is 3.63.